The summed E-state index contributed by atoms with van der Waals surface area (Å²) in [6.07, 6.45) is 7.13. The molecule has 2 bridgehead atoms. The van der Waals surface area contributed by atoms with E-state index < -0.39 is 0 Å². The highest BCUT2D eigenvalue weighted by Gasteiger charge is 2.41. The highest BCUT2D eigenvalue weighted by Crippen LogP contribution is 2.38. The Bertz CT molecular complexity index is 218. The van der Waals surface area contributed by atoms with Gasteiger partial charge in [0.15, 0.2) is 0 Å². The molecule has 2 aliphatic heterocycles. The van der Waals surface area contributed by atoms with Crippen LogP contribution in [0.3, 0.4) is 0 Å². The van der Waals surface area contributed by atoms with E-state index in [0.29, 0.717) is 17.9 Å². The summed E-state index contributed by atoms with van der Waals surface area (Å²) in [6.45, 7) is 1.29. The monoisotopic (exact) mass is 179 g/mol. The highest BCUT2D eigenvalue weighted by atomic mass is 16.1. The number of carbonyl (C=O) groups excluding carboxylic acids is 1. The lowest BCUT2D eigenvalue weighted by Crippen LogP contribution is -2.44. The summed E-state index contributed by atoms with van der Waals surface area (Å²) < 4.78 is 0. The summed E-state index contributed by atoms with van der Waals surface area (Å²) in [7, 11) is 0. The van der Waals surface area contributed by atoms with Crippen LogP contribution in [-0.4, -0.2) is 29.3 Å². The summed E-state index contributed by atoms with van der Waals surface area (Å²) in [5, 5.41) is 0. The molecule has 2 nitrogen and oxygen atoms in total. The van der Waals surface area contributed by atoms with E-state index in [2.05, 4.69) is 4.90 Å². The first-order valence-electron chi connectivity index (χ1n) is 5.60. The van der Waals surface area contributed by atoms with Crippen molar-refractivity contribution in [3.63, 3.8) is 0 Å². The van der Waals surface area contributed by atoms with E-state index in [1.165, 1.54) is 32.2 Å². The van der Waals surface area contributed by atoms with Crippen LogP contribution in [0.1, 0.15) is 38.5 Å². The molecule has 2 heteroatoms. The standard InChI is InChI=1S/C11H17NO/c13-11-5-9-3-4-10(6-11)12(9)7-8-1-2-8/h8-10H,1-7H2/t9-,10-/m0/s1. The number of piperidine rings is 1. The predicted octanol–water partition coefficient (Wildman–Crippen LogP) is 1.59. The Labute approximate surface area is 79.3 Å². The second kappa shape index (κ2) is 2.81. The van der Waals surface area contributed by atoms with E-state index in [1.807, 2.05) is 0 Å². The maximum Gasteiger partial charge on any atom is 0.136 e. The summed E-state index contributed by atoms with van der Waals surface area (Å²) in [5.74, 6) is 1.50. The van der Waals surface area contributed by atoms with Crippen molar-refractivity contribution in [3.05, 3.63) is 0 Å². The number of nitrogens with zero attached hydrogens (tertiary/aromatic N) is 1. The van der Waals surface area contributed by atoms with E-state index in [1.54, 1.807) is 0 Å². The van der Waals surface area contributed by atoms with Gasteiger partial charge in [0.1, 0.15) is 5.78 Å². The molecule has 3 aliphatic rings. The molecule has 13 heavy (non-hydrogen) atoms. The molecule has 0 N–H and O–H groups in total. The number of Topliss-reactive ketones (excluding diaryl/α,β-unsaturated/α-hetero) is 1. The van der Waals surface area contributed by atoms with Crippen LogP contribution in [0, 0.1) is 5.92 Å². The Morgan fingerprint density at radius 2 is 1.69 bits per heavy atom. The van der Waals surface area contributed by atoms with E-state index in [9.17, 15) is 4.79 Å². The lowest BCUT2D eigenvalue weighted by molar-refractivity contribution is -0.123. The third-order valence-corrected chi connectivity index (χ3v) is 3.86. The van der Waals surface area contributed by atoms with Crippen molar-refractivity contribution in [2.45, 2.75) is 50.6 Å². The van der Waals surface area contributed by atoms with Gasteiger partial charge in [-0.1, -0.05) is 0 Å². The first kappa shape index (κ1) is 7.98. The number of hydrogen-bond acceptors (Lipinski definition) is 2. The van der Waals surface area contributed by atoms with Crippen molar-refractivity contribution in [1.29, 1.82) is 0 Å². The lowest BCUT2D eigenvalue weighted by Gasteiger charge is -2.33. The first-order chi connectivity index (χ1) is 6.33. The van der Waals surface area contributed by atoms with Gasteiger partial charge in [-0.25, -0.2) is 0 Å². The van der Waals surface area contributed by atoms with Crippen molar-refractivity contribution < 1.29 is 4.79 Å². The molecule has 1 saturated carbocycles. The fourth-order valence-electron chi connectivity index (χ4n) is 2.96. The van der Waals surface area contributed by atoms with E-state index in [-0.39, 0.29) is 0 Å². The zero-order valence-corrected chi connectivity index (χ0v) is 8.04. The normalized spacial score (nSPS) is 39.8. The van der Waals surface area contributed by atoms with Crippen LogP contribution in [0.4, 0.5) is 0 Å². The van der Waals surface area contributed by atoms with Crippen LogP contribution in [-0.2, 0) is 4.79 Å². The maximum atomic E-state index is 11.3. The quantitative estimate of drug-likeness (QED) is 0.641. The van der Waals surface area contributed by atoms with Crippen molar-refractivity contribution in [2.75, 3.05) is 6.54 Å². The molecule has 2 heterocycles. The molecule has 2 saturated heterocycles. The topological polar surface area (TPSA) is 20.3 Å². The second-order valence-electron chi connectivity index (χ2n) is 4.97. The van der Waals surface area contributed by atoms with E-state index in [0.717, 1.165) is 18.8 Å². The minimum Gasteiger partial charge on any atom is -0.300 e. The number of hydrogen-bond donors (Lipinski definition) is 0. The van der Waals surface area contributed by atoms with Crippen LogP contribution in [0.5, 0.6) is 0 Å². The van der Waals surface area contributed by atoms with Crippen molar-refractivity contribution in [2.24, 2.45) is 5.92 Å². The highest BCUT2D eigenvalue weighted by molar-refractivity contribution is 5.80. The average molecular weight is 179 g/mol. The lowest BCUT2D eigenvalue weighted by atomic mass is 10.0. The molecule has 3 fully saturated rings. The SMILES string of the molecule is O=C1C[C@@H]2CC[C@@H](C1)N2CC1CC1. The minimum atomic E-state index is 0.513. The molecule has 1 aliphatic carbocycles. The molecule has 72 valence electrons. The average Bonchev–Trinajstić information content (AvgIpc) is 2.83. The third kappa shape index (κ3) is 1.41. The smallest absolute Gasteiger partial charge is 0.136 e. The van der Waals surface area contributed by atoms with Gasteiger partial charge >= 0.3 is 0 Å². The second-order valence-corrected chi connectivity index (χ2v) is 4.97. The van der Waals surface area contributed by atoms with Crippen LogP contribution in [0.25, 0.3) is 0 Å². The molecule has 0 spiro atoms. The van der Waals surface area contributed by atoms with Gasteiger partial charge in [0.05, 0.1) is 0 Å². The van der Waals surface area contributed by atoms with Gasteiger partial charge in [-0.05, 0) is 31.6 Å². The summed E-state index contributed by atoms with van der Waals surface area (Å²) in [4.78, 5) is 14.0. The van der Waals surface area contributed by atoms with Crippen LogP contribution < -0.4 is 0 Å². The maximum absolute atomic E-state index is 11.3. The number of fused-ring (bicyclic) bond motifs is 2. The van der Waals surface area contributed by atoms with Crippen LogP contribution in [0.2, 0.25) is 0 Å². The Morgan fingerprint density at radius 1 is 1.08 bits per heavy atom. The van der Waals surface area contributed by atoms with Gasteiger partial charge in [0.2, 0.25) is 0 Å². The Hall–Kier alpha value is -0.370. The summed E-state index contributed by atoms with van der Waals surface area (Å²) >= 11 is 0. The predicted molar refractivity (Wildman–Crippen MR) is 50.5 cm³/mol. The molecular formula is C11H17NO. The first-order valence-corrected chi connectivity index (χ1v) is 5.60. The van der Waals surface area contributed by atoms with Crippen LogP contribution >= 0.6 is 0 Å². The largest absolute Gasteiger partial charge is 0.300 e. The molecule has 0 aromatic heterocycles. The molecular weight excluding hydrogens is 162 g/mol. The molecule has 0 aromatic carbocycles. The fraction of sp³-hybridized carbons (Fsp3) is 0.909. The summed E-state index contributed by atoms with van der Waals surface area (Å²) in [6, 6.07) is 1.26. The van der Waals surface area contributed by atoms with Gasteiger partial charge in [-0.15, -0.1) is 0 Å². The Morgan fingerprint density at radius 3 is 2.23 bits per heavy atom. The van der Waals surface area contributed by atoms with Crippen LogP contribution in [0.15, 0.2) is 0 Å². The molecule has 0 aromatic rings. The third-order valence-electron chi connectivity index (χ3n) is 3.86. The zero-order valence-electron chi connectivity index (χ0n) is 8.04. The minimum absolute atomic E-state index is 0.513. The number of rotatable bonds is 2. The Balaban J connectivity index is 1.70. The molecule has 0 unspecified atom stereocenters. The number of carbonyl (C=O) groups is 1. The van der Waals surface area contributed by atoms with Gasteiger partial charge in [-0.2, -0.15) is 0 Å². The van der Waals surface area contributed by atoms with Gasteiger partial charge in [-0.3, -0.25) is 9.69 Å². The molecule has 0 amide bonds. The fourth-order valence-corrected chi connectivity index (χ4v) is 2.96. The van der Waals surface area contributed by atoms with E-state index in [4.69, 9.17) is 0 Å². The van der Waals surface area contributed by atoms with Crippen molar-refractivity contribution >= 4 is 5.78 Å². The Kier molecular flexibility index (Phi) is 1.72. The van der Waals surface area contributed by atoms with Gasteiger partial charge in [0, 0.05) is 31.5 Å². The molecule has 3 rings (SSSR count). The van der Waals surface area contributed by atoms with Crippen molar-refractivity contribution in [3.8, 4) is 0 Å². The van der Waals surface area contributed by atoms with Gasteiger partial charge < -0.3 is 0 Å². The van der Waals surface area contributed by atoms with E-state index >= 15 is 0 Å². The van der Waals surface area contributed by atoms with Gasteiger partial charge in [0.25, 0.3) is 0 Å². The molecule has 2 atom stereocenters. The summed E-state index contributed by atoms with van der Waals surface area (Å²) in [5.41, 5.74) is 0. The zero-order chi connectivity index (χ0) is 8.84. The van der Waals surface area contributed by atoms with Crippen molar-refractivity contribution in [1.82, 2.24) is 4.90 Å². The number of ketones is 1. The molecule has 0 radical (unpaired) electrons.